The van der Waals surface area contributed by atoms with Crippen LogP contribution in [0.3, 0.4) is 0 Å². The van der Waals surface area contributed by atoms with Gasteiger partial charge in [0.25, 0.3) is 0 Å². The van der Waals surface area contributed by atoms with Crippen LogP contribution >= 0.6 is 0 Å². The summed E-state index contributed by atoms with van der Waals surface area (Å²) in [5.74, 6) is 0.228. The molecular formula is C13H14N6O2. The van der Waals surface area contributed by atoms with Crippen molar-refractivity contribution in [3.05, 3.63) is 36.5 Å². The standard InChI is InChI=1S/C13H14N6O2/c20-12(21)10-8-14-9-11(17-10)18-4-6-19(7-5-18)13-15-2-1-3-16-13/h1-3,8-9H,4-7H2,(H,20,21). The summed E-state index contributed by atoms with van der Waals surface area (Å²) in [6, 6.07) is 1.78. The second-order valence-electron chi connectivity index (χ2n) is 4.59. The van der Waals surface area contributed by atoms with Crippen molar-refractivity contribution in [3.63, 3.8) is 0 Å². The molecule has 1 saturated heterocycles. The maximum atomic E-state index is 10.9. The van der Waals surface area contributed by atoms with Gasteiger partial charge in [0, 0.05) is 38.6 Å². The fraction of sp³-hybridized carbons (Fsp3) is 0.308. The highest BCUT2D eigenvalue weighted by Crippen LogP contribution is 2.15. The third kappa shape index (κ3) is 2.88. The van der Waals surface area contributed by atoms with Crippen molar-refractivity contribution in [1.29, 1.82) is 0 Å². The molecule has 21 heavy (non-hydrogen) atoms. The van der Waals surface area contributed by atoms with Gasteiger partial charge in [-0.1, -0.05) is 0 Å². The minimum Gasteiger partial charge on any atom is -0.476 e. The Kier molecular flexibility index (Phi) is 3.59. The number of carboxylic acids is 1. The number of hydrogen-bond acceptors (Lipinski definition) is 7. The van der Waals surface area contributed by atoms with Crippen LogP contribution in [0.5, 0.6) is 0 Å². The van der Waals surface area contributed by atoms with E-state index in [9.17, 15) is 4.79 Å². The van der Waals surface area contributed by atoms with Crippen LogP contribution in [0.1, 0.15) is 10.5 Å². The number of carbonyl (C=O) groups is 1. The van der Waals surface area contributed by atoms with E-state index in [1.54, 1.807) is 24.7 Å². The Morgan fingerprint density at radius 1 is 1.05 bits per heavy atom. The van der Waals surface area contributed by atoms with Gasteiger partial charge in [-0.2, -0.15) is 0 Å². The number of hydrogen-bond donors (Lipinski definition) is 1. The zero-order valence-electron chi connectivity index (χ0n) is 11.3. The molecule has 1 aliphatic heterocycles. The quantitative estimate of drug-likeness (QED) is 0.860. The number of carboxylic acid groups (broad SMARTS) is 1. The second kappa shape index (κ2) is 5.70. The van der Waals surface area contributed by atoms with Crippen LogP contribution in [-0.4, -0.2) is 57.2 Å². The van der Waals surface area contributed by atoms with Gasteiger partial charge in [0.1, 0.15) is 5.82 Å². The van der Waals surface area contributed by atoms with Crippen LogP contribution in [0.15, 0.2) is 30.9 Å². The molecule has 108 valence electrons. The molecule has 0 atom stereocenters. The van der Waals surface area contributed by atoms with E-state index in [2.05, 4.69) is 24.8 Å². The molecule has 2 aromatic heterocycles. The van der Waals surface area contributed by atoms with Crippen molar-refractivity contribution in [2.45, 2.75) is 0 Å². The summed E-state index contributed by atoms with van der Waals surface area (Å²) < 4.78 is 0. The van der Waals surface area contributed by atoms with Gasteiger partial charge in [0.05, 0.1) is 12.4 Å². The van der Waals surface area contributed by atoms with E-state index in [0.717, 1.165) is 26.2 Å². The first-order chi connectivity index (χ1) is 10.2. The molecule has 1 N–H and O–H groups in total. The number of anilines is 2. The lowest BCUT2D eigenvalue weighted by atomic mass is 10.3. The third-order valence-electron chi connectivity index (χ3n) is 3.28. The summed E-state index contributed by atoms with van der Waals surface area (Å²) in [4.78, 5) is 31.5. The lowest BCUT2D eigenvalue weighted by Crippen LogP contribution is -2.47. The van der Waals surface area contributed by atoms with Crippen molar-refractivity contribution in [1.82, 2.24) is 19.9 Å². The van der Waals surface area contributed by atoms with Crippen LogP contribution < -0.4 is 9.80 Å². The monoisotopic (exact) mass is 286 g/mol. The molecule has 0 aliphatic carbocycles. The van der Waals surface area contributed by atoms with E-state index < -0.39 is 5.97 Å². The van der Waals surface area contributed by atoms with Crippen LogP contribution in [0, 0.1) is 0 Å². The minimum absolute atomic E-state index is 0.0404. The molecule has 0 radical (unpaired) electrons. The Bertz CT molecular complexity index is 628. The number of aromatic nitrogens is 4. The van der Waals surface area contributed by atoms with Crippen molar-refractivity contribution in [2.24, 2.45) is 0 Å². The number of nitrogens with zero attached hydrogens (tertiary/aromatic N) is 6. The van der Waals surface area contributed by atoms with Crippen molar-refractivity contribution >= 4 is 17.7 Å². The molecule has 0 aromatic carbocycles. The van der Waals surface area contributed by atoms with Crippen molar-refractivity contribution < 1.29 is 9.90 Å². The highest BCUT2D eigenvalue weighted by Gasteiger charge is 2.20. The van der Waals surface area contributed by atoms with E-state index in [1.165, 1.54) is 6.20 Å². The highest BCUT2D eigenvalue weighted by atomic mass is 16.4. The normalized spacial score (nSPS) is 15.0. The zero-order chi connectivity index (χ0) is 14.7. The molecular weight excluding hydrogens is 272 g/mol. The first kappa shape index (κ1) is 13.2. The predicted octanol–water partition coefficient (Wildman–Crippen LogP) is 0.291. The molecule has 0 unspecified atom stereocenters. The lowest BCUT2D eigenvalue weighted by Gasteiger charge is -2.35. The molecule has 2 aromatic rings. The van der Waals surface area contributed by atoms with Crippen molar-refractivity contribution in [3.8, 4) is 0 Å². The van der Waals surface area contributed by atoms with Gasteiger partial charge in [0.15, 0.2) is 5.69 Å². The Morgan fingerprint density at radius 3 is 2.38 bits per heavy atom. The van der Waals surface area contributed by atoms with Crippen LogP contribution in [0.4, 0.5) is 11.8 Å². The maximum absolute atomic E-state index is 10.9. The zero-order valence-corrected chi connectivity index (χ0v) is 11.3. The highest BCUT2D eigenvalue weighted by molar-refractivity contribution is 5.85. The largest absolute Gasteiger partial charge is 0.476 e. The Balaban J connectivity index is 1.68. The molecule has 0 amide bonds. The van der Waals surface area contributed by atoms with Gasteiger partial charge in [-0.05, 0) is 6.07 Å². The number of piperazine rings is 1. The van der Waals surface area contributed by atoms with E-state index in [-0.39, 0.29) is 5.69 Å². The van der Waals surface area contributed by atoms with Gasteiger partial charge in [-0.25, -0.2) is 19.7 Å². The summed E-state index contributed by atoms with van der Waals surface area (Å²) in [6.45, 7) is 2.94. The average Bonchev–Trinajstić information content (AvgIpc) is 2.56. The van der Waals surface area contributed by atoms with Crippen LogP contribution in [-0.2, 0) is 0 Å². The van der Waals surface area contributed by atoms with Gasteiger partial charge in [-0.3, -0.25) is 4.98 Å². The second-order valence-corrected chi connectivity index (χ2v) is 4.59. The fourth-order valence-electron chi connectivity index (χ4n) is 2.20. The van der Waals surface area contributed by atoms with E-state index in [0.29, 0.717) is 11.8 Å². The fourth-order valence-corrected chi connectivity index (χ4v) is 2.20. The topological polar surface area (TPSA) is 95.3 Å². The molecule has 1 fully saturated rings. The predicted molar refractivity (Wildman–Crippen MR) is 75.4 cm³/mol. The molecule has 8 heteroatoms. The Labute approximate surface area is 121 Å². The van der Waals surface area contributed by atoms with Gasteiger partial charge in [-0.15, -0.1) is 0 Å². The average molecular weight is 286 g/mol. The lowest BCUT2D eigenvalue weighted by molar-refractivity contribution is 0.0690. The van der Waals surface area contributed by atoms with Crippen LogP contribution in [0.2, 0.25) is 0 Å². The molecule has 3 heterocycles. The van der Waals surface area contributed by atoms with E-state index >= 15 is 0 Å². The summed E-state index contributed by atoms with van der Waals surface area (Å²) in [6.07, 6.45) is 6.27. The summed E-state index contributed by atoms with van der Waals surface area (Å²) >= 11 is 0. The third-order valence-corrected chi connectivity index (χ3v) is 3.28. The van der Waals surface area contributed by atoms with E-state index in [1.807, 2.05) is 4.90 Å². The SMILES string of the molecule is O=C(O)c1cncc(N2CCN(c3ncccn3)CC2)n1. The molecule has 8 nitrogen and oxygen atoms in total. The summed E-state index contributed by atoms with van der Waals surface area (Å²) in [5, 5.41) is 8.95. The molecule has 3 rings (SSSR count). The van der Waals surface area contributed by atoms with Crippen LogP contribution in [0.25, 0.3) is 0 Å². The number of rotatable bonds is 3. The van der Waals surface area contributed by atoms with Gasteiger partial charge in [0.2, 0.25) is 5.95 Å². The summed E-state index contributed by atoms with van der Waals surface area (Å²) in [7, 11) is 0. The number of aromatic carboxylic acids is 1. The molecule has 0 bridgehead atoms. The first-order valence-corrected chi connectivity index (χ1v) is 6.56. The summed E-state index contributed by atoms with van der Waals surface area (Å²) in [5.41, 5.74) is -0.0404. The smallest absolute Gasteiger partial charge is 0.356 e. The minimum atomic E-state index is -1.07. The van der Waals surface area contributed by atoms with Gasteiger partial charge < -0.3 is 14.9 Å². The van der Waals surface area contributed by atoms with Gasteiger partial charge >= 0.3 is 5.97 Å². The van der Waals surface area contributed by atoms with Crippen molar-refractivity contribution in [2.75, 3.05) is 36.0 Å². The Hall–Kier alpha value is -2.77. The molecule has 0 saturated carbocycles. The molecule has 0 spiro atoms. The maximum Gasteiger partial charge on any atom is 0.356 e. The van der Waals surface area contributed by atoms with E-state index in [4.69, 9.17) is 5.11 Å². The Morgan fingerprint density at radius 2 is 1.71 bits per heavy atom. The molecule has 1 aliphatic rings. The first-order valence-electron chi connectivity index (χ1n) is 6.56.